The topological polar surface area (TPSA) is 57.2 Å². The number of amides is 1. The van der Waals surface area contributed by atoms with Gasteiger partial charge < -0.3 is 19.9 Å². The predicted octanol–water partition coefficient (Wildman–Crippen LogP) is 2.13. The lowest BCUT2D eigenvalue weighted by atomic mass is 10.0. The van der Waals surface area contributed by atoms with Crippen molar-refractivity contribution in [1.29, 1.82) is 0 Å². The van der Waals surface area contributed by atoms with Gasteiger partial charge in [-0.25, -0.2) is 4.99 Å². The maximum atomic E-state index is 13.0. The van der Waals surface area contributed by atoms with Crippen LogP contribution in [0.4, 0.5) is 13.2 Å². The van der Waals surface area contributed by atoms with Crippen molar-refractivity contribution in [2.24, 2.45) is 4.99 Å². The number of carbonyl (C=O) groups excluding carboxylic acids is 1. The van der Waals surface area contributed by atoms with Gasteiger partial charge in [0, 0.05) is 27.2 Å². The maximum Gasteiger partial charge on any atom is 0.416 e. The summed E-state index contributed by atoms with van der Waals surface area (Å²) in [5.41, 5.74) is -0.229. The smallest absolute Gasteiger partial charge is 0.370 e. The first-order chi connectivity index (χ1) is 12.7. The van der Waals surface area contributed by atoms with E-state index < -0.39 is 17.8 Å². The third-order valence-electron chi connectivity index (χ3n) is 4.15. The molecule has 9 heteroatoms. The summed E-state index contributed by atoms with van der Waals surface area (Å²) in [5, 5.41) is 3.12. The van der Waals surface area contributed by atoms with Crippen molar-refractivity contribution in [1.82, 2.24) is 15.1 Å². The van der Waals surface area contributed by atoms with Gasteiger partial charge in [0.05, 0.1) is 18.7 Å². The van der Waals surface area contributed by atoms with Gasteiger partial charge >= 0.3 is 6.18 Å². The highest BCUT2D eigenvalue weighted by atomic mass is 19.4. The molecular weight excluding hydrogens is 361 g/mol. The second kappa shape index (κ2) is 9.07. The van der Waals surface area contributed by atoms with E-state index in [1.807, 2.05) is 11.8 Å². The molecule has 6 nitrogen and oxygen atoms in total. The second-order valence-corrected chi connectivity index (χ2v) is 6.39. The Hall–Kier alpha value is -2.29. The Balaban J connectivity index is 2.15. The summed E-state index contributed by atoms with van der Waals surface area (Å²) in [6.07, 6.45) is -4.90. The molecule has 1 unspecified atom stereocenters. The van der Waals surface area contributed by atoms with Crippen molar-refractivity contribution in [2.45, 2.75) is 19.2 Å². The van der Waals surface area contributed by atoms with Crippen LogP contribution >= 0.6 is 0 Å². The summed E-state index contributed by atoms with van der Waals surface area (Å²) in [6.45, 7) is 3.77. The summed E-state index contributed by atoms with van der Waals surface area (Å²) in [7, 11) is 3.31. The van der Waals surface area contributed by atoms with Crippen LogP contribution in [0.2, 0.25) is 0 Å². The lowest BCUT2D eigenvalue weighted by Gasteiger charge is -2.35. The summed E-state index contributed by atoms with van der Waals surface area (Å²) < 4.78 is 44.6. The number of hydrogen-bond donors (Lipinski definition) is 1. The molecule has 0 radical (unpaired) electrons. The number of ether oxygens (including phenoxy) is 1. The summed E-state index contributed by atoms with van der Waals surface area (Å²) in [6, 6.07) is 5.18. The summed E-state index contributed by atoms with van der Waals surface area (Å²) >= 11 is 0. The number of guanidine groups is 1. The van der Waals surface area contributed by atoms with Crippen LogP contribution in [0.25, 0.3) is 0 Å². The molecule has 27 heavy (non-hydrogen) atoms. The predicted molar refractivity (Wildman–Crippen MR) is 96.4 cm³/mol. The van der Waals surface area contributed by atoms with E-state index in [0.29, 0.717) is 37.8 Å². The number of morpholine rings is 1. The molecule has 1 aliphatic rings. The maximum absolute atomic E-state index is 13.0. The SMILES string of the molecule is CCNC(=NCC(=O)N(C)C)N1CCOC(c2cccc(C(F)(F)F)c2)C1. The molecule has 1 saturated heterocycles. The molecule has 2 rings (SSSR count). The molecule has 1 heterocycles. The molecule has 0 spiro atoms. The molecule has 150 valence electrons. The van der Waals surface area contributed by atoms with E-state index in [1.165, 1.54) is 11.0 Å². The average Bonchev–Trinajstić information content (AvgIpc) is 2.64. The number of hydrogen-bond acceptors (Lipinski definition) is 3. The van der Waals surface area contributed by atoms with Gasteiger partial charge in [0.25, 0.3) is 0 Å². The van der Waals surface area contributed by atoms with E-state index in [4.69, 9.17) is 4.74 Å². The number of alkyl halides is 3. The van der Waals surface area contributed by atoms with Crippen LogP contribution < -0.4 is 5.32 Å². The summed E-state index contributed by atoms with van der Waals surface area (Å²) in [5.74, 6) is 0.418. The molecule has 1 N–H and O–H groups in total. The molecule has 1 amide bonds. The van der Waals surface area contributed by atoms with Gasteiger partial charge in [-0.1, -0.05) is 12.1 Å². The molecule has 1 aromatic carbocycles. The minimum Gasteiger partial charge on any atom is -0.370 e. The van der Waals surface area contributed by atoms with Crippen molar-refractivity contribution in [2.75, 3.05) is 46.9 Å². The number of carbonyl (C=O) groups is 1. The molecule has 1 atom stereocenters. The van der Waals surface area contributed by atoms with Crippen molar-refractivity contribution in [3.8, 4) is 0 Å². The summed E-state index contributed by atoms with van der Waals surface area (Å²) in [4.78, 5) is 19.5. The molecular formula is C18H25F3N4O2. The Kier molecular flexibility index (Phi) is 7.06. The Bertz CT molecular complexity index is 677. The monoisotopic (exact) mass is 386 g/mol. The molecule has 1 aromatic rings. The largest absolute Gasteiger partial charge is 0.416 e. The van der Waals surface area contributed by atoms with Crippen molar-refractivity contribution < 1.29 is 22.7 Å². The van der Waals surface area contributed by atoms with E-state index >= 15 is 0 Å². The zero-order chi connectivity index (χ0) is 20.0. The minimum atomic E-state index is -4.40. The number of likely N-dealkylation sites (N-methyl/N-ethyl adjacent to an activating group) is 1. The van der Waals surface area contributed by atoms with Crippen molar-refractivity contribution >= 4 is 11.9 Å². The number of nitrogens with one attached hydrogen (secondary N) is 1. The van der Waals surface area contributed by atoms with Gasteiger partial charge in [0.2, 0.25) is 5.91 Å². The average molecular weight is 386 g/mol. The quantitative estimate of drug-likeness (QED) is 0.636. The van der Waals surface area contributed by atoms with Crippen LogP contribution in [0.5, 0.6) is 0 Å². The third-order valence-corrected chi connectivity index (χ3v) is 4.15. The number of aliphatic imine (C=N–C) groups is 1. The highest BCUT2D eigenvalue weighted by Gasteiger charge is 2.32. The Morgan fingerprint density at radius 3 is 2.78 bits per heavy atom. The van der Waals surface area contributed by atoms with Crippen molar-refractivity contribution in [3.63, 3.8) is 0 Å². The van der Waals surface area contributed by atoms with Crippen molar-refractivity contribution in [3.05, 3.63) is 35.4 Å². The standard InChI is InChI=1S/C18H25F3N4O2/c1-4-22-17(23-11-16(26)24(2)3)25-8-9-27-15(12-25)13-6-5-7-14(10-13)18(19,20)21/h5-7,10,15H,4,8-9,11-12H2,1-3H3,(H,22,23). The number of halogens is 3. The lowest BCUT2D eigenvalue weighted by Crippen LogP contribution is -2.48. The molecule has 0 saturated carbocycles. The van der Waals surface area contributed by atoms with Gasteiger partial charge in [0.15, 0.2) is 5.96 Å². The molecule has 0 aliphatic carbocycles. The highest BCUT2D eigenvalue weighted by Crippen LogP contribution is 2.32. The van der Waals surface area contributed by atoms with Gasteiger partial charge in [-0.2, -0.15) is 13.2 Å². The first-order valence-corrected chi connectivity index (χ1v) is 8.74. The van der Waals surface area contributed by atoms with Crippen LogP contribution in [0, 0.1) is 0 Å². The fraction of sp³-hybridized carbons (Fsp3) is 0.556. The van der Waals surface area contributed by atoms with Gasteiger partial charge in [-0.05, 0) is 24.6 Å². The molecule has 1 fully saturated rings. The van der Waals surface area contributed by atoms with Gasteiger partial charge in [-0.15, -0.1) is 0 Å². The van der Waals surface area contributed by atoms with E-state index in [9.17, 15) is 18.0 Å². The Morgan fingerprint density at radius 2 is 2.15 bits per heavy atom. The van der Waals surface area contributed by atoms with E-state index in [-0.39, 0.29) is 12.5 Å². The van der Waals surface area contributed by atoms with E-state index in [1.54, 1.807) is 20.2 Å². The molecule has 1 aliphatic heterocycles. The third kappa shape index (κ3) is 5.85. The van der Waals surface area contributed by atoms with Crippen LogP contribution in [0.1, 0.15) is 24.2 Å². The normalized spacial score (nSPS) is 18.4. The first kappa shape index (κ1) is 21.0. The number of nitrogens with zero attached hydrogens (tertiary/aromatic N) is 3. The van der Waals surface area contributed by atoms with Crippen LogP contribution in [-0.4, -0.2) is 68.5 Å². The highest BCUT2D eigenvalue weighted by molar-refractivity contribution is 5.84. The fourth-order valence-corrected chi connectivity index (χ4v) is 2.67. The van der Waals surface area contributed by atoms with E-state index in [0.717, 1.165) is 12.1 Å². The second-order valence-electron chi connectivity index (χ2n) is 6.39. The van der Waals surface area contributed by atoms with Crippen LogP contribution in [0.15, 0.2) is 29.3 Å². The van der Waals surface area contributed by atoms with Crippen LogP contribution in [0.3, 0.4) is 0 Å². The number of benzene rings is 1. The minimum absolute atomic E-state index is 0.000909. The molecule has 0 bridgehead atoms. The van der Waals surface area contributed by atoms with Crippen LogP contribution in [-0.2, 0) is 15.7 Å². The Morgan fingerprint density at radius 1 is 1.41 bits per heavy atom. The Labute approximate surface area is 157 Å². The van der Waals surface area contributed by atoms with E-state index in [2.05, 4.69) is 10.3 Å². The van der Waals surface area contributed by atoms with Gasteiger partial charge in [0.1, 0.15) is 12.6 Å². The first-order valence-electron chi connectivity index (χ1n) is 8.74. The zero-order valence-corrected chi connectivity index (χ0v) is 15.7. The lowest BCUT2D eigenvalue weighted by molar-refractivity contribution is -0.137. The number of rotatable bonds is 4. The fourth-order valence-electron chi connectivity index (χ4n) is 2.67. The molecule has 0 aromatic heterocycles. The zero-order valence-electron chi connectivity index (χ0n) is 15.7. The van der Waals surface area contributed by atoms with Gasteiger partial charge in [-0.3, -0.25) is 4.79 Å².